The molecular weight excluding hydrogens is 366 g/mol. The molecule has 7 heteroatoms. The van der Waals surface area contributed by atoms with Gasteiger partial charge in [0, 0.05) is 26.2 Å². The number of nitrogens with zero attached hydrogens (tertiary/aromatic N) is 2. The maximum Gasteiger partial charge on any atom is 0.263 e. The van der Waals surface area contributed by atoms with Crippen LogP contribution in [0.15, 0.2) is 41.8 Å². The molecule has 134 valence electrons. The maximum absolute atomic E-state index is 12.5. The van der Waals surface area contributed by atoms with Gasteiger partial charge >= 0.3 is 0 Å². The third-order valence-electron chi connectivity index (χ3n) is 3.79. The van der Waals surface area contributed by atoms with Crippen molar-refractivity contribution in [3.8, 4) is 9.88 Å². The molecular formula is C19H19N3O2S2. The number of nitrogens with one attached hydrogen (secondary N) is 1. The number of benzene rings is 1. The Balaban J connectivity index is 1.65. The molecule has 0 unspecified atom stereocenters. The van der Waals surface area contributed by atoms with Crippen molar-refractivity contribution in [2.24, 2.45) is 0 Å². The average Bonchev–Trinajstić information content (AvgIpc) is 3.29. The van der Waals surface area contributed by atoms with Gasteiger partial charge in [-0.2, -0.15) is 0 Å². The first-order valence-electron chi connectivity index (χ1n) is 8.06. The van der Waals surface area contributed by atoms with Gasteiger partial charge in [-0.05, 0) is 36.1 Å². The molecule has 0 aliphatic carbocycles. The van der Waals surface area contributed by atoms with Crippen molar-refractivity contribution >= 4 is 34.5 Å². The molecule has 2 aromatic heterocycles. The molecule has 0 atom stereocenters. The number of rotatable bonds is 5. The number of aromatic nitrogens is 1. The van der Waals surface area contributed by atoms with Crippen molar-refractivity contribution in [1.29, 1.82) is 0 Å². The number of thiazole rings is 1. The fourth-order valence-corrected chi connectivity index (χ4v) is 4.18. The Morgan fingerprint density at radius 3 is 2.50 bits per heavy atom. The van der Waals surface area contributed by atoms with Gasteiger partial charge in [0.1, 0.15) is 9.88 Å². The van der Waals surface area contributed by atoms with E-state index in [0.717, 1.165) is 21.1 Å². The van der Waals surface area contributed by atoms with Crippen molar-refractivity contribution in [2.75, 3.05) is 14.1 Å². The molecule has 1 aromatic carbocycles. The average molecular weight is 386 g/mol. The van der Waals surface area contributed by atoms with Crippen molar-refractivity contribution < 1.29 is 9.59 Å². The van der Waals surface area contributed by atoms with Crippen molar-refractivity contribution in [3.05, 3.63) is 63.5 Å². The Hall–Kier alpha value is -2.51. The number of amides is 2. The van der Waals surface area contributed by atoms with Crippen molar-refractivity contribution in [1.82, 2.24) is 15.2 Å². The quantitative estimate of drug-likeness (QED) is 0.726. The minimum absolute atomic E-state index is 0.0398. The van der Waals surface area contributed by atoms with Crippen LogP contribution in [0.3, 0.4) is 0 Å². The van der Waals surface area contributed by atoms with E-state index in [1.165, 1.54) is 16.2 Å². The summed E-state index contributed by atoms with van der Waals surface area (Å²) >= 11 is 3.02. The number of hydrogen-bond acceptors (Lipinski definition) is 5. The van der Waals surface area contributed by atoms with Crippen LogP contribution in [-0.4, -0.2) is 35.8 Å². The molecule has 26 heavy (non-hydrogen) atoms. The Morgan fingerprint density at radius 1 is 1.15 bits per heavy atom. The van der Waals surface area contributed by atoms with Crippen LogP contribution < -0.4 is 5.32 Å². The molecule has 0 aliphatic heterocycles. The highest BCUT2D eigenvalue weighted by Crippen LogP contribution is 2.31. The molecule has 0 spiro atoms. The Labute approximate surface area is 160 Å². The zero-order valence-electron chi connectivity index (χ0n) is 14.8. The van der Waals surface area contributed by atoms with E-state index in [9.17, 15) is 9.59 Å². The zero-order chi connectivity index (χ0) is 18.7. The Kier molecular flexibility index (Phi) is 5.49. The standard InChI is InChI=1S/C19H19N3O2S2/c1-12-16(26-18(21-12)15-5-4-10-25-15)17(23)20-11-13-6-8-14(9-7-13)19(24)22(2)3/h4-10H,11H2,1-3H3,(H,20,23). The van der Waals surface area contributed by atoms with E-state index >= 15 is 0 Å². The highest BCUT2D eigenvalue weighted by molar-refractivity contribution is 7.22. The van der Waals surface area contributed by atoms with Gasteiger partial charge in [0.15, 0.2) is 0 Å². The van der Waals surface area contributed by atoms with Gasteiger partial charge in [-0.15, -0.1) is 22.7 Å². The fraction of sp³-hybridized carbons (Fsp3) is 0.211. The molecule has 0 radical (unpaired) electrons. The van der Waals surface area contributed by atoms with E-state index in [1.54, 1.807) is 37.6 Å². The smallest absolute Gasteiger partial charge is 0.263 e. The summed E-state index contributed by atoms with van der Waals surface area (Å²) in [5.74, 6) is -0.168. The van der Waals surface area contributed by atoms with Gasteiger partial charge in [0.05, 0.1) is 10.6 Å². The molecule has 2 amide bonds. The van der Waals surface area contributed by atoms with Crippen molar-refractivity contribution in [2.45, 2.75) is 13.5 Å². The van der Waals surface area contributed by atoms with Gasteiger partial charge in [-0.25, -0.2) is 4.98 Å². The third-order valence-corrected chi connectivity index (χ3v) is 5.99. The second-order valence-corrected chi connectivity index (χ2v) is 7.94. The van der Waals surface area contributed by atoms with Gasteiger partial charge in [0.2, 0.25) is 0 Å². The second-order valence-electron chi connectivity index (χ2n) is 5.99. The summed E-state index contributed by atoms with van der Waals surface area (Å²) < 4.78 is 0. The summed E-state index contributed by atoms with van der Waals surface area (Å²) in [5, 5.41) is 5.79. The molecule has 3 aromatic rings. The number of hydrogen-bond donors (Lipinski definition) is 1. The molecule has 0 aliphatic rings. The van der Waals surface area contributed by atoms with E-state index in [4.69, 9.17) is 0 Å². The summed E-state index contributed by atoms with van der Waals surface area (Å²) in [4.78, 5) is 32.1. The molecule has 0 fully saturated rings. The minimum atomic E-state index is -0.128. The van der Waals surface area contributed by atoms with E-state index in [-0.39, 0.29) is 11.8 Å². The van der Waals surface area contributed by atoms with E-state index < -0.39 is 0 Å². The lowest BCUT2D eigenvalue weighted by molar-refractivity contribution is 0.0827. The predicted octanol–water partition coefficient (Wildman–Crippen LogP) is 3.81. The number of aryl methyl sites for hydroxylation is 1. The van der Waals surface area contributed by atoms with Crippen LogP contribution in [0.2, 0.25) is 0 Å². The van der Waals surface area contributed by atoms with Crippen LogP contribution >= 0.6 is 22.7 Å². The number of carbonyl (C=O) groups is 2. The van der Waals surface area contributed by atoms with Crippen LogP contribution in [0.1, 0.15) is 31.3 Å². The first-order valence-corrected chi connectivity index (χ1v) is 9.75. The summed E-state index contributed by atoms with van der Waals surface area (Å²) in [5.41, 5.74) is 2.31. The molecule has 1 N–H and O–H groups in total. The van der Waals surface area contributed by atoms with Crippen LogP contribution in [-0.2, 0) is 6.54 Å². The monoisotopic (exact) mass is 385 g/mol. The first kappa shape index (κ1) is 18.3. The zero-order valence-corrected chi connectivity index (χ0v) is 16.4. The van der Waals surface area contributed by atoms with Gasteiger partial charge in [-0.3, -0.25) is 9.59 Å². The van der Waals surface area contributed by atoms with Crippen LogP contribution in [0, 0.1) is 6.92 Å². The number of carbonyl (C=O) groups excluding carboxylic acids is 2. The first-order chi connectivity index (χ1) is 12.5. The molecule has 0 bridgehead atoms. The van der Waals surface area contributed by atoms with Gasteiger partial charge in [-0.1, -0.05) is 18.2 Å². The maximum atomic E-state index is 12.5. The van der Waals surface area contributed by atoms with Crippen LogP contribution in [0.4, 0.5) is 0 Å². The van der Waals surface area contributed by atoms with Gasteiger partial charge in [0.25, 0.3) is 11.8 Å². The molecule has 3 rings (SSSR count). The predicted molar refractivity (Wildman–Crippen MR) is 106 cm³/mol. The fourth-order valence-electron chi connectivity index (χ4n) is 2.40. The molecule has 0 saturated heterocycles. The van der Waals surface area contributed by atoms with Crippen LogP contribution in [0.5, 0.6) is 0 Å². The summed E-state index contributed by atoms with van der Waals surface area (Å²) in [6.45, 7) is 2.26. The highest BCUT2D eigenvalue weighted by atomic mass is 32.1. The van der Waals surface area contributed by atoms with E-state index in [1.807, 2.05) is 36.6 Å². The summed E-state index contributed by atoms with van der Waals surface area (Å²) in [6, 6.07) is 11.2. The largest absolute Gasteiger partial charge is 0.347 e. The lowest BCUT2D eigenvalue weighted by Gasteiger charge is -2.10. The summed E-state index contributed by atoms with van der Waals surface area (Å²) in [6.07, 6.45) is 0. The van der Waals surface area contributed by atoms with Gasteiger partial charge < -0.3 is 10.2 Å². The highest BCUT2D eigenvalue weighted by Gasteiger charge is 2.16. The van der Waals surface area contributed by atoms with Crippen LogP contribution in [0.25, 0.3) is 9.88 Å². The Morgan fingerprint density at radius 2 is 1.88 bits per heavy atom. The third kappa shape index (κ3) is 4.00. The lowest BCUT2D eigenvalue weighted by Crippen LogP contribution is -2.23. The van der Waals surface area contributed by atoms with E-state index in [2.05, 4.69) is 10.3 Å². The SMILES string of the molecule is Cc1nc(-c2cccs2)sc1C(=O)NCc1ccc(C(=O)N(C)C)cc1. The minimum Gasteiger partial charge on any atom is -0.347 e. The molecule has 5 nitrogen and oxygen atoms in total. The lowest BCUT2D eigenvalue weighted by atomic mass is 10.1. The normalized spacial score (nSPS) is 10.6. The molecule has 2 heterocycles. The van der Waals surface area contributed by atoms with Crippen molar-refractivity contribution in [3.63, 3.8) is 0 Å². The molecule has 0 saturated carbocycles. The Bertz CT molecular complexity index is 913. The second kappa shape index (κ2) is 7.80. The summed E-state index contributed by atoms with van der Waals surface area (Å²) in [7, 11) is 3.44. The number of thiophene rings is 1. The van der Waals surface area contributed by atoms with E-state index in [0.29, 0.717) is 17.0 Å². The topological polar surface area (TPSA) is 62.3 Å².